The minimum atomic E-state index is -0.575. The van der Waals surface area contributed by atoms with Gasteiger partial charge in [0.15, 0.2) is 5.69 Å². The lowest BCUT2D eigenvalue weighted by Gasteiger charge is -2.07. The highest BCUT2D eigenvalue weighted by Gasteiger charge is 2.16. The van der Waals surface area contributed by atoms with Gasteiger partial charge < -0.3 is 25.3 Å². The highest BCUT2D eigenvalue weighted by Crippen LogP contribution is 2.14. The molecule has 0 unspecified atom stereocenters. The summed E-state index contributed by atoms with van der Waals surface area (Å²) in [4.78, 5) is 38.0. The summed E-state index contributed by atoms with van der Waals surface area (Å²) in [7, 11) is 0. The molecule has 0 saturated carbocycles. The molecule has 0 radical (unpaired) electrons. The average molecular weight is 385 g/mol. The molecule has 2 aromatic heterocycles. The van der Waals surface area contributed by atoms with Crippen LogP contribution in [-0.4, -0.2) is 49.6 Å². The Balaban J connectivity index is 1.41. The van der Waals surface area contributed by atoms with Gasteiger partial charge in [-0.2, -0.15) is 5.10 Å². The Morgan fingerprint density at radius 2 is 2.00 bits per heavy atom. The summed E-state index contributed by atoms with van der Waals surface area (Å²) in [6.45, 7) is 2.43. The molecule has 0 aliphatic heterocycles. The van der Waals surface area contributed by atoms with Crippen LogP contribution in [0.1, 0.15) is 22.7 Å². The number of hydrogen-bond acceptors (Lipinski definition) is 6. The number of H-pyrrole nitrogens is 1. The summed E-state index contributed by atoms with van der Waals surface area (Å²) in [5.41, 5.74) is 1.08. The number of carbonyl (C=O) groups excluding carboxylic acids is 2. The van der Waals surface area contributed by atoms with Gasteiger partial charge in [-0.3, -0.25) is 14.7 Å². The number of fused-ring (bicyclic) bond motifs is 1. The van der Waals surface area contributed by atoms with Crippen molar-refractivity contribution in [1.82, 2.24) is 30.4 Å². The average Bonchev–Trinajstić information content (AvgIpc) is 3.27. The highest BCUT2D eigenvalue weighted by atomic mass is 16.6. The molecule has 3 N–H and O–H groups in total. The van der Waals surface area contributed by atoms with E-state index in [0.717, 1.165) is 10.9 Å². The van der Waals surface area contributed by atoms with Crippen molar-refractivity contribution in [2.75, 3.05) is 13.1 Å². The lowest BCUT2D eigenvalue weighted by atomic mass is 10.2. The summed E-state index contributed by atoms with van der Waals surface area (Å²) in [6, 6.07) is 7.31. The number of para-hydroxylation sites is 1. The number of rotatable bonds is 8. The van der Waals surface area contributed by atoms with Crippen molar-refractivity contribution in [3.05, 3.63) is 52.1 Å². The van der Waals surface area contributed by atoms with E-state index in [2.05, 4.69) is 25.8 Å². The minimum Gasteiger partial charge on any atom is -0.358 e. The SMILES string of the molecule is Cc1nc([N+](=O)[O-])cn1CCC(=O)NCCNC(=O)c1n[nH]c2ccccc12. The summed E-state index contributed by atoms with van der Waals surface area (Å²) in [5.74, 6) is -0.326. The Morgan fingerprint density at radius 1 is 1.25 bits per heavy atom. The second kappa shape index (κ2) is 8.29. The number of aromatic nitrogens is 4. The molecule has 28 heavy (non-hydrogen) atoms. The van der Waals surface area contributed by atoms with Crippen LogP contribution in [0.25, 0.3) is 10.9 Å². The fraction of sp³-hybridized carbons (Fsp3) is 0.294. The summed E-state index contributed by atoms with van der Waals surface area (Å²) < 4.78 is 1.56. The number of aromatic amines is 1. The van der Waals surface area contributed by atoms with Crippen molar-refractivity contribution in [1.29, 1.82) is 0 Å². The number of aryl methyl sites for hydroxylation is 2. The third kappa shape index (κ3) is 4.31. The monoisotopic (exact) mass is 385 g/mol. The Morgan fingerprint density at radius 3 is 2.75 bits per heavy atom. The number of nitro groups is 1. The van der Waals surface area contributed by atoms with E-state index < -0.39 is 4.92 Å². The van der Waals surface area contributed by atoms with E-state index in [-0.39, 0.29) is 43.7 Å². The number of carbonyl (C=O) groups is 2. The Labute approximate surface area is 159 Å². The molecule has 11 heteroatoms. The van der Waals surface area contributed by atoms with Gasteiger partial charge >= 0.3 is 5.82 Å². The van der Waals surface area contributed by atoms with Gasteiger partial charge in [-0.05, 0) is 16.0 Å². The predicted octanol–water partition coefficient (Wildman–Crippen LogP) is 0.912. The zero-order valence-electron chi connectivity index (χ0n) is 15.1. The van der Waals surface area contributed by atoms with E-state index in [1.807, 2.05) is 18.2 Å². The largest absolute Gasteiger partial charge is 0.381 e. The molecule has 0 spiro atoms. The van der Waals surface area contributed by atoms with Gasteiger partial charge in [-0.1, -0.05) is 18.2 Å². The van der Waals surface area contributed by atoms with Gasteiger partial charge in [-0.25, -0.2) is 0 Å². The molecule has 2 amide bonds. The van der Waals surface area contributed by atoms with E-state index in [1.54, 1.807) is 17.6 Å². The van der Waals surface area contributed by atoms with Crippen molar-refractivity contribution < 1.29 is 14.5 Å². The topological polar surface area (TPSA) is 148 Å². The molecule has 0 saturated heterocycles. The molecule has 2 heterocycles. The van der Waals surface area contributed by atoms with E-state index >= 15 is 0 Å². The van der Waals surface area contributed by atoms with Crippen molar-refractivity contribution >= 4 is 28.5 Å². The molecule has 0 bridgehead atoms. The number of imidazole rings is 1. The van der Waals surface area contributed by atoms with Crippen LogP contribution in [0, 0.1) is 17.0 Å². The van der Waals surface area contributed by atoms with E-state index in [1.165, 1.54) is 6.20 Å². The number of benzene rings is 1. The molecule has 0 aliphatic rings. The molecule has 11 nitrogen and oxygen atoms in total. The van der Waals surface area contributed by atoms with Crippen LogP contribution in [0.2, 0.25) is 0 Å². The molecule has 3 aromatic rings. The molecule has 0 aliphatic carbocycles. The standard InChI is InChI=1S/C17H19N7O4/c1-11-20-14(24(27)28)10-23(11)9-6-15(25)18-7-8-19-17(26)16-12-4-2-3-5-13(12)21-22-16/h2-5,10H,6-9H2,1H3,(H,18,25)(H,19,26)(H,21,22). The smallest absolute Gasteiger partial charge is 0.358 e. The summed E-state index contributed by atoms with van der Waals surface area (Å²) >= 11 is 0. The van der Waals surface area contributed by atoms with Gasteiger partial charge in [0.05, 0.1) is 5.52 Å². The number of nitrogens with zero attached hydrogens (tertiary/aromatic N) is 4. The quantitative estimate of drug-likeness (QED) is 0.298. The van der Waals surface area contributed by atoms with E-state index in [9.17, 15) is 19.7 Å². The molecule has 1 aromatic carbocycles. The third-order valence-corrected chi connectivity index (χ3v) is 4.15. The Hall–Kier alpha value is -3.76. The van der Waals surface area contributed by atoms with Crippen LogP contribution in [0.4, 0.5) is 5.82 Å². The molecular formula is C17H19N7O4. The predicted molar refractivity (Wildman–Crippen MR) is 99.7 cm³/mol. The lowest BCUT2D eigenvalue weighted by Crippen LogP contribution is -2.35. The molecule has 0 atom stereocenters. The third-order valence-electron chi connectivity index (χ3n) is 4.15. The van der Waals surface area contributed by atoms with E-state index in [0.29, 0.717) is 11.5 Å². The second-order valence-corrected chi connectivity index (χ2v) is 6.07. The minimum absolute atomic E-state index is 0.145. The van der Waals surface area contributed by atoms with Gasteiger partial charge in [-0.15, -0.1) is 0 Å². The van der Waals surface area contributed by atoms with Crippen molar-refractivity contribution in [2.24, 2.45) is 0 Å². The lowest BCUT2D eigenvalue weighted by molar-refractivity contribution is -0.389. The second-order valence-electron chi connectivity index (χ2n) is 6.07. The zero-order valence-corrected chi connectivity index (χ0v) is 15.1. The molecule has 146 valence electrons. The Bertz CT molecular complexity index is 1020. The van der Waals surface area contributed by atoms with Gasteiger partial charge in [0.25, 0.3) is 5.91 Å². The van der Waals surface area contributed by atoms with E-state index in [4.69, 9.17) is 0 Å². The number of amides is 2. The van der Waals surface area contributed by atoms with Crippen LogP contribution < -0.4 is 10.6 Å². The maximum Gasteiger partial charge on any atom is 0.381 e. The normalized spacial score (nSPS) is 10.8. The first kappa shape index (κ1) is 19.0. The van der Waals surface area contributed by atoms with Gasteiger partial charge in [0.2, 0.25) is 11.7 Å². The van der Waals surface area contributed by atoms with Crippen molar-refractivity contribution in [3.8, 4) is 0 Å². The maximum atomic E-state index is 12.2. The first-order valence-electron chi connectivity index (χ1n) is 8.62. The van der Waals surface area contributed by atoms with Crippen LogP contribution in [-0.2, 0) is 11.3 Å². The van der Waals surface area contributed by atoms with Crippen LogP contribution in [0.15, 0.2) is 30.5 Å². The molecule has 0 fully saturated rings. The fourth-order valence-corrected chi connectivity index (χ4v) is 2.71. The fourth-order valence-electron chi connectivity index (χ4n) is 2.71. The van der Waals surface area contributed by atoms with Crippen molar-refractivity contribution in [3.63, 3.8) is 0 Å². The van der Waals surface area contributed by atoms with Crippen LogP contribution in [0.5, 0.6) is 0 Å². The number of hydrogen-bond donors (Lipinski definition) is 3. The van der Waals surface area contributed by atoms with Crippen molar-refractivity contribution in [2.45, 2.75) is 19.9 Å². The van der Waals surface area contributed by atoms with Crippen LogP contribution >= 0.6 is 0 Å². The Kier molecular flexibility index (Phi) is 5.63. The molecule has 3 rings (SSSR count). The summed E-state index contributed by atoms with van der Waals surface area (Å²) in [6.07, 6.45) is 1.45. The highest BCUT2D eigenvalue weighted by molar-refractivity contribution is 6.04. The van der Waals surface area contributed by atoms with Crippen LogP contribution in [0.3, 0.4) is 0 Å². The van der Waals surface area contributed by atoms with Gasteiger partial charge in [0, 0.05) is 38.4 Å². The number of nitrogens with one attached hydrogen (secondary N) is 3. The summed E-state index contributed by atoms with van der Waals surface area (Å²) in [5, 5.41) is 23.6. The van der Waals surface area contributed by atoms with Gasteiger partial charge in [0.1, 0.15) is 6.20 Å². The maximum absolute atomic E-state index is 12.2. The molecular weight excluding hydrogens is 366 g/mol. The first-order chi connectivity index (χ1) is 13.5. The first-order valence-corrected chi connectivity index (χ1v) is 8.62. The zero-order chi connectivity index (χ0) is 20.1.